The summed E-state index contributed by atoms with van der Waals surface area (Å²) in [5.41, 5.74) is -0.591. The van der Waals surface area contributed by atoms with Crippen LogP contribution in [0.1, 0.15) is 46.5 Å². The fourth-order valence-corrected chi connectivity index (χ4v) is 5.24. The molecule has 0 radical (unpaired) electrons. The van der Waals surface area contributed by atoms with Crippen molar-refractivity contribution in [3.8, 4) is 0 Å². The first-order valence-corrected chi connectivity index (χ1v) is 10.3. The molecule has 1 saturated carbocycles. The van der Waals surface area contributed by atoms with Crippen LogP contribution in [0, 0.1) is 5.92 Å². The van der Waals surface area contributed by atoms with Crippen LogP contribution in [0.4, 0.5) is 0 Å². The van der Waals surface area contributed by atoms with Gasteiger partial charge in [-0.2, -0.15) is 0 Å². The van der Waals surface area contributed by atoms with Gasteiger partial charge in [0.1, 0.15) is 35.6 Å². The highest BCUT2D eigenvalue weighted by atomic mass is 17.2. The van der Waals surface area contributed by atoms with E-state index in [0.717, 1.165) is 24.8 Å². The molecule has 166 valence electrons. The molecule has 9 heteroatoms. The highest BCUT2D eigenvalue weighted by Crippen LogP contribution is 2.61. The molecule has 2 aliphatic heterocycles. The summed E-state index contributed by atoms with van der Waals surface area (Å²) in [4.78, 5) is 11.0. The maximum atomic E-state index is 10.5. The number of rotatable bonds is 5. The summed E-state index contributed by atoms with van der Waals surface area (Å²) in [6.45, 7) is 5.21. The molecule has 9 unspecified atom stereocenters. The number of ether oxygens (including phenoxy) is 2. The van der Waals surface area contributed by atoms with E-state index >= 15 is 0 Å². The van der Waals surface area contributed by atoms with Crippen molar-refractivity contribution in [2.75, 3.05) is 6.61 Å². The first-order chi connectivity index (χ1) is 13.5. The zero-order valence-corrected chi connectivity index (χ0v) is 17.0. The molecule has 0 aromatic rings. The molecule has 0 spiro atoms. The molecule has 5 N–H and O–H groups in total. The Hall–Kier alpha value is -0.620. The highest BCUT2D eigenvalue weighted by molar-refractivity contribution is 5.42. The van der Waals surface area contributed by atoms with E-state index in [9.17, 15) is 25.5 Å². The second-order valence-electron chi connectivity index (χ2n) is 9.48. The molecule has 0 aromatic heterocycles. The summed E-state index contributed by atoms with van der Waals surface area (Å²) in [7, 11) is 0. The quantitative estimate of drug-likeness (QED) is 0.229. The molecule has 2 bridgehead atoms. The van der Waals surface area contributed by atoms with E-state index < -0.39 is 54.6 Å². The molecular weight excluding hydrogens is 384 g/mol. The lowest BCUT2D eigenvalue weighted by atomic mass is 9.57. The minimum atomic E-state index is -1.53. The summed E-state index contributed by atoms with van der Waals surface area (Å²) in [5.74, 6) is -0.0240. The van der Waals surface area contributed by atoms with E-state index in [1.54, 1.807) is 0 Å². The Balaban J connectivity index is 1.44. The smallest absolute Gasteiger partial charge is 0.220 e. The Kier molecular flexibility index (Phi) is 5.38. The third-order valence-corrected chi connectivity index (χ3v) is 7.16. The van der Waals surface area contributed by atoms with Crippen molar-refractivity contribution in [3.63, 3.8) is 0 Å². The molecule has 9 nitrogen and oxygen atoms in total. The van der Waals surface area contributed by atoms with Gasteiger partial charge < -0.3 is 35.0 Å². The van der Waals surface area contributed by atoms with Gasteiger partial charge in [0.05, 0.1) is 18.3 Å². The molecule has 3 fully saturated rings. The SMILES string of the molecule is CC12CCC(O)C3(CCC(C(C)(C)OOC4OC(CO)C(O)C(O)C4O)C=C13)O2. The Labute approximate surface area is 169 Å². The lowest BCUT2D eigenvalue weighted by Crippen LogP contribution is -2.71. The second kappa shape index (κ2) is 7.22. The normalized spacial score (nSPS) is 49.8. The maximum Gasteiger partial charge on any atom is 0.220 e. The summed E-state index contributed by atoms with van der Waals surface area (Å²) < 4.78 is 11.5. The van der Waals surface area contributed by atoms with Gasteiger partial charge in [0.2, 0.25) is 6.29 Å². The standard InChI is InChI=1S/C20H32O9/c1-18(2,29-27-17-16(25)15(24)14(23)11(9-21)26-17)10-4-7-20-12(8-10)19(3,28-20)6-5-13(20)22/h8,10-11,13-17,21-25H,4-7,9H2,1-3H3. The lowest BCUT2D eigenvalue weighted by molar-refractivity contribution is -0.459. The molecule has 0 aromatic carbocycles. The monoisotopic (exact) mass is 416 g/mol. The van der Waals surface area contributed by atoms with Gasteiger partial charge in [-0.15, -0.1) is 0 Å². The van der Waals surface area contributed by atoms with Crippen molar-refractivity contribution in [2.45, 2.75) is 100 Å². The average molecular weight is 416 g/mol. The van der Waals surface area contributed by atoms with Crippen LogP contribution in [-0.2, 0) is 19.2 Å². The average Bonchev–Trinajstić information content (AvgIpc) is 2.68. The maximum absolute atomic E-state index is 10.5. The van der Waals surface area contributed by atoms with Gasteiger partial charge in [-0.05, 0) is 52.0 Å². The fourth-order valence-electron chi connectivity index (χ4n) is 5.24. The van der Waals surface area contributed by atoms with E-state index in [1.807, 2.05) is 20.8 Å². The topological polar surface area (TPSA) is 138 Å². The van der Waals surface area contributed by atoms with Crippen molar-refractivity contribution in [1.29, 1.82) is 0 Å². The van der Waals surface area contributed by atoms with Crippen LogP contribution >= 0.6 is 0 Å². The van der Waals surface area contributed by atoms with Gasteiger partial charge in [-0.3, -0.25) is 0 Å². The zero-order chi connectivity index (χ0) is 21.2. The third-order valence-electron chi connectivity index (χ3n) is 7.16. The summed E-state index contributed by atoms with van der Waals surface area (Å²) in [5, 5.41) is 49.6. The molecule has 4 rings (SSSR count). The van der Waals surface area contributed by atoms with E-state index in [-0.39, 0.29) is 11.5 Å². The van der Waals surface area contributed by atoms with E-state index in [1.165, 1.54) is 0 Å². The van der Waals surface area contributed by atoms with Gasteiger partial charge in [0, 0.05) is 5.92 Å². The molecule has 2 saturated heterocycles. The predicted molar refractivity (Wildman–Crippen MR) is 98.3 cm³/mol. The van der Waals surface area contributed by atoms with E-state index in [0.29, 0.717) is 6.42 Å². The Morgan fingerprint density at radius 1 is 1.10 bits per heavy atom. The fraction of sp³-hybridized carbons (Fsp3) is 0.900. The number of aliphatic hydroxyl groups excluding tert-OH is 5. The molecular formula is C20H32O9. The largest absolute Gasteiger partial charge is 0.394 e. The zero-order valence-electron chi connectivity index (χ0n) is 17.0. The van der Waals surface area contributed by atoms with Crippen molar-refractivity contribution in [3.05, 3.63) is 11.6 Å². The van der Waals surface area contributed by atoms with Crippen molar-refractivity contribution in [2.24, 2.45) is 5.92 Å². The van der Waals surface area contributed by atoms with Crippen LogP contribution in [0.2, 0.25) is 0 Å². The highest BCUT2D eigenvalue weighted by Gasteiger charge is 2.66. The number of aliphatic hydroxyl groups is 5. The van der Waals surface area contributed by atoms with Gasteiger partial charge in [-0.25, -0.2) is 9.78 Å². The number of hydrogen-bond donors (Lipinski definition) is 5. The molecule has 9 atom stereocenters. The minimum absolute atomic E-state index is 0.0240. The van der Waals surface area contributed by atoms with Crippen molar-refractivity contribution >= 4 is 0 Å². The second-order valence-corrected chi connectivity index (χ2v) is 9.48. The van der Waals surface area contributed by atoms with Gasteiger partial charge in [-0.1, -0.05) is 6.08 Å². The van der Waals surface area contributed by atoms with Crippen LogP contribution in [0.3, 0.4) is 0 Å². The van der Waals surface area contributed by atoms with Crippen LogP contribution in [0.25, 0.3) is 0 Å². The molecule has 4 aliphatic rings. The predicted octanol–water partition coefficient (Wildman–Crippen LogP) is -0.468. The van der Waals surface area contributed by atoms with Crippen LogP contribution in [0.5, 0.6) is 0 Å². The first kappa shape index (κ1) is 21.6. The third kappa shape index (κ3) is 3.28. The summed E-state index contributed by atoms with van der Waals surface area (Å²) >= 11 is 0. The number of hydrogen-bond acceptors (Lipinski definition) is 9. The van der Waals surface area contributed by atoms with Crippen LogP contribution in [0.15, 0.2) is 11.6 Å². The van der Waals surface area contributed by atoms with Gasteiger partial charge in [0.15, 0.2) is 0 Å². The first-order valence-electron chi connectivity index (χ1n) is 10.3. The van der Waals surface area contributed by atoms with Crippen LogP contribution < -0.4 is 0 Å². The van der Waals surface area contributed by atoms with Gasteiger partial charge in [0.25, 0.3) is 0 Å². The van der Waals surface area contributed by atoms with E-state index in [2.05, 4.69) is 6.08 Å². The van der Waals surface area contributed by atoms with Crippen molar-refractivity contribution < 1.29 is 44.8 Å². The summed E-state index contributed by atoms with van der Waals surface area (Å²) in [6.07, 6.45) is -2.37. The van der Waals surface area contributed by atoms with Crippen LogP contribution in [-0.4, -0.2) is 85.8 Å². The summed E-state index contributed by atoms with van der Waals surface area (Å²) in [6, 6.07) is 0. The van der Waals surface area contributed by atoms with Crippen molar-refractivity contribution in [1.82, 2.24) is 0 Å². The molecule has 0 amide bonds. The molecule has 2 heterocycles. The molecule has 2 aliphatic carbocycles. The Morgan fingerprint density at radius 3 is 2.52 bits per heavy atom. The lowest BCUT2D eigenvalue weighted by Gasteiger charge is -2.65. The Morgan fingerprint density at radius 2 is 1.83 bits per heavy atom. The van der Waals surface area contributed by atoms with E-state index in [4.69, 9.17) is 19.2 Å². The molecule has 29 heavy (non-hydrogen) atoms. The minimum Gasteiger partial charge on any atom is -0.394 e. The van der Waals surface area contributed by atoms with Gasteiger partial charge >= 0.3 is 0 Å². The Bertz CT molecular complexity index is 664.